The molecule has 3 aliphatic rings. The van der Waals surface area contributed by atoms with E-state index in [4.69, 9.17) is 9.47 Å². The van der Waals surface area contributed by atoms with Crippen molar-refractivity contribution in [3.05, 3.63) is 53.1 Å². The fraction of sp³-hybridized carbons (Fsp3) is 0.519. The predicted molar refractivity (Wildman–Crippen MR) is 133 cm³/mol. The van der Waals surface area contributed by atoms with Crippen LogP contribution in [0.15, 0.2) is 36.4 Å². The molecule has 178 valence electrons. The lowest BCUT2D eigenvalue weighted by molar-refractivity contribution is 0.0939. The maximum Gasteiger partial charge on any atom is 0.252 e. The summed E-state index contributed by atoms with van der Waals surface area (Å²) in [5, 5.41) is 3.18. The SMILES string of the molecule is COc1cc([C@@H](C)NC(=O)c2cc(N3CC4C[C@@H]3CN4C)ccc2C)ccc1OCC1CC1.[HH]. The number of benzene rings is 2. The van der Waals surface area contributed by atoms with Crippen LogP contribution in [-0.4, -0.2) is 56.7 Å². The Labute approximate surface area is 198 Å². The number of hydrogen-bond donors (Lipinski definition) is 1. The highest BCUT2D eigenvalue weighted by atomic mass is 16.5. The van der Waals surface area contributed by atoms with Gasteiger partial charge in [0, 0.05) is 37.9 Å². The predicted octanol–water partition coefficient (Wildman–Crippen LogP) is 4.42. The van der Waals surface area contributed by atoms with Crippen molar-refractivity contribution in [3.63, 3.8) is 0 Å². The van der Waals surface area contributed by atoms with Crippen LogP contribution in [0.1, 0.15) is 55.1 Å². The topological polar surface area (TPSA) is 54.0 Å². The van der Waals surface area contributed by atoms with E-state index in [1.54, 1.807) is 7.11 Å². The Balaban J connectivity index is 0.00000274. The van der Waals surface area contributed by atoms with Gasteiger partial charge in [0.25, 0.3) is 5.91 Å². The van der Waals surface area contributed by atoms with Crippen molar-refractivity contribution in [2.24, 2.45) is 5.92 Å². The molecule has 1 unspecified atom stereocenters. The number of likely N-dealkylation sites (N-methyl/N-ethyl adjacent to an activating group) is 1. The van der Waals surface area contributed by atoms with Gasteiger partial charge in [0.1, 0.15) is 0 Å². The maximum atomic E-state index is 13.2. The number of carbonyl (C=O) groups is 1. The first-order valence-corrected chi connectivity index (χ1v) is 12.1. The first-order chi connectivity index (χ1) is 15.9. The van der Waals surface area contributed by atoms with Crippen molar-refractivity contribution in [3.8, 4) is 11.5 Å². The number of nitrogens with one attached hydrogen (secondary N) is 1. The fourth-order valence-corrected chi connectivity index (χ4v) is 5.14. The molecule has 0 radical (unpaired) electrons. The van der Waals surface area contributed by atoms with Crippen molar-refractivity contribution >= 4 is 11.6 Å². The van der Waals surface area contributed by atoms with Gasteiger partial charge in [-0.2, -0.15) is 0 Å². The molecule has 1 amide bonds. The van der Waals surface area contributed by atoms with Crippen molar-refractivity contribution in [1.29, 1.82) is 0 Å². The molecule has 5 rings (SSSR count). The number of anilines is 1. The van der Waals surface area contributed by atoms with Crippen molar-refractivity contribution < 1.29 is 15.7 Å². The molecule has 6 nitrogen and oxygen atoms in total. The molecule has 33 heavy (non-hydrogen) atoms. The third-order valence-electron chi connectivity index (χ3n) is 7.52. The Morgan fingerprint density at radius 3 is 2.64 bits per heavy atom. The standard InChI is InChI=1S/C27H35N3O3.H2/c1-17-5-9-21(30-15-22-12-23(30)14-29(22)3)13-24(17)27(31)28-18(2)20-8-10-25(26(11-20)32-4)33-16-19-6-7-19;/h5,8-11,13,18-19,22-23H,6-7,12,14-16H2,1-4H3,(H,28,31);1H/t18-,22?,23-;/m1./s1. The third kappa shape index (κ3) is 4.54. The second kappa shape index (κ2) is 8.90. The Morgan fingerprint density at radius 2 is 1.97 bits per heavy atom. The Morgan fingerprint density at radius 1 is 1.15 bits per heavy atom. The van der Waals surface area contributed by atoms with E-state index in [9.17, 15) is 4.79 Å². The second-order valence-corrected chi connectivity index (χ2v) is 9.99. The van der Waals surface area contributed by atoms with E-state index in [1.807, 2.05) is 32.0 Å². The number of hydrogen-bond acceptors (Lipinski definition) is 5. The van der Waals surface area contributed by atoms with Gasteiger partial charge < -0.3 is 19.7 Å². The average molecular weight is 452 g/mol. The number of aryl methyl sites for hydroxylation is 1. The van der Waals surface area contributed by atoms with E-state index in [-0.39, 0.29) is 13.4 Å². The molecule has 1 N–H and O–H groups in total. The van der Waals surface area contributed by atoms with Crippen molar-refractivity contribution in [2.75, 3.05) is 38.8 Å². The summed E-state index contributed by atoms with van der Waals surface area (Å²) in [6.07, 6.45) is 3.71. The number of piperazine rings is 1. The summed E-state index contributed by atoms with van der Waals surface area (Å²) in [6, 6.07) is 13.2. The average Bonchev–Trinajstić information content (AvgIpc) is 3.45. The van der Waals surface area contributed by atoms with Crippen LogP contribution in [0, 0.1) is 12.8 Å². The molecule has 2 heterocycles. The summed E-state index contributed by atoms with van der Waals surface area (Å²) in [5.74, 6) is 2.11. The van der Waals surface area contributed by atoms with E-state index in [0.717, 1.165) is 47.8 Å². The van der Waals surface area contributed by atoms with E-state index < -0.39 is 0 Å². The van der Waals surface area contributed by atoms with E-state index in [0.29, 0.717) is 23.8 Å². The number of carbonyl (C=O) groups excluding carboxylic acids is 1. The van der Waals surface area contributed by atoms with E-state index in [2.05, 4.69) is 40.4 Å². The molecule has 1 saturated carbocycles. The fourth-order valence-electron chi connectivity index (χ4n) is 5.14. The molecule has 6 heteroatoms. The molecule has 0 spiro atoms. The minimum Gasteiger partial charge on any atom is -0.493 e. The van der Waals surface area contributed by atoms with Crippen LogP contribution in [-0.2, 0) is 0 Å². The highest BCUT2D eigenvalue weighted by Gasteiger charge is 2.41. The summed E-state index contributed by atoms with van der Waals surface area (Å²) in [7, 11) is 3.86. The van der Waals surface area contributed by atoms with Gasteiger partial charge >= 0.3 is 0 Å². The van der Waals surface area contributed by atoms with Crippen LogP contribution in [0.5, 0.6) is 11.5 Å². The molecular weight excluding hydrogens is 414 g/mol. The zero-order valence-electron chi connectivity index (χ0n) is 20.1. The quantitative estimate of drug-likeness (QED) is 0.644. The van der Waals surface area contributed by atoms with Gasteiger partial charge in [0.2, 0.25) is 0 Å². The minimum absolute atomic E-state index is 0. The zero-order valence-corrected chi connectivity index (χ0v) is 20.1. The first-order valence-electron chi connectivity index (χ1n) is 12.1. The first kappa shape index (κ1) is 22.1. The normalized spacial score (nSPS) is 23.0. The van der Waals surface area contributed by atoms with Crippen LogP contribution in [0.25, 0.3) is 0 Å². The summed E-state index contributed by atoms with van der Waals surface area (Å²) in [4.78, 5) is 18.2. The summed E-state index contributed by atoms with van der Waals surface area (Å²) in [5.41, 5.74) is 3.88. The summed E-state index contributed by atoms with van der Waals surface area (Å²) in [6.45, 7) is 6.89. The number of amides is 1. The van der Waals surface area contributed by atoms with Crippen molar-refractivity contribution in [1.82, 2.24) is 10.2 Å². The molecule has 3 atom stereocenters. The molecule has 1 aliphatic carbocycles. The van der Waals surface area contributed by atoms with Crippen LogP contribution in [0.4, 0.5) is 5.69 Å². The van der Waals surface area contributed by atoms with Gasteiger partial charge in [0.15, 0.2) is 11.5 Å². The largest absolute Gasteiger partial charge is 0.493 e. The number of fused-ring (bicyclic) bond motifs is 2. The van der Waals surface area contributed by atoms with Crippen LogP contribution in [0.2, 0.25) is 0 Å². The van der Waals surface area contributed by atoms with Crippen LogP contribution < -0.4 is 19.7 Å². The van der Waals surface area contributed by atoms with Crippen LogP contribution in [0.3, 0.4) is 0 Å². The minimum atomic E-state index is -0.150. The molecule has 3 fully saturated rings. The smallest absolute Gasteiger partial charge is 0.252 e. The summed E-state index contributed by atoms with van der Waals surface area (Å²) < 4.78 is 11.5. The third-order valence-corrected chi connectivity index (χ3v) is 7.52. The molecule has 2 aromatic rings. The number of likely N-dealkylation sites (tertiary alicyclic amines) is 1. The van der Waals surface area contributed by atoms with Gasteiger partial charge in [-0.25, -0.2) is 0 Å². The molecular formula is C27H37N3O3. The molecule has 2 bridgehead atoms. The van der Waals surface area contributed by atoms with Gasteiger partial charge in [-0.3, -0.25) is 9.69 Å². The maximum absolute atomic E-state index is 13.2. The number of nitrogens with zero attached hydrogens (tertiary/aromatic N) is 2. The van der Waals surface area contributed by atoms with E-state index >= 15 is 0 Å². The van der Waals surface area contributed by atoms with Gasteiger partial charge in [0.05, 0.1) is 19.8 Å². The molecule has 2 saturated heterocycles. The number of methoxy groups -OCH3 is 1. The Bertz CT molecular complexity index is 1040. The highest BCUT2D eigenvalue weighted by molar-refractivity contribution is 5.97. The van der Waals surface area contributed by atoms with Gasteiger partial charge in [-0.15, -0.1) is 0 Å². The number of ether oxygens (including phenoxy) is 2. The lowest BCUT2D eigenvalue weighted by Gasteiger charge is -2.34. The monoisotopic (exact) mass is 451 g/mol. The zero-order chi connectivity index (χ0) is 23.1. The molecule has 2 aliphatic heterocycles. The lowest BCUT2D eigenvalue weighted by Crippen LogP contribution is -2.44. The summed E-state index contributed by atoms with van der Waals surface area (Å²) >= 11 is 0. The van der Waals surface area contributed by atoms with Crippen LogP contribution >= 0.6 is 0 Å². The van der Waals surface area contributed by atoms with E-state index in [1.165, 1.54) is 19.3 Å². The molecule has 2 aromatic carbocycles. The Kier molecular flexibility index (Phi) is 5.95. The highest BCUT2D eigenvalue weighted by Crippen LogP contribution is 2.36. The van der Waals surface area contributed by atoms with Gasteiger partial charge in [-0.05, 0) is 81.5 Å². The molecule has 0 aromatic heterocycles. The lowest BCUT2D eigenvalue weighted by atomic mass is 10.0. The number of rotatable bonds is 8. The Hall–Kier alpha value is -2.73. The second-order valence-electron chi connectivity index (χ2n) is 9.99. The van der Waals surface area contributed by atoms with Gasteiger partial charge in [-0.1, -0.05) is 12.1 Å². The van der Waals surface area contributed by atoms with Crippen molar-refractivity contribution in [2.45, 2.75) is 51.2 Å².